The van der Waals surface area contributed by atoms with Gasteiger partial charge in [-0.15, -0.1) is 0 Å². The van der Waals surface area contributed by atoms with Gasteiger partial charge in [-0.2, -0.15) is 0 Å². The summed E-state index contributed by atoms with van der Waals surface area (Å²) in [5.74, 6) is 0. The molecule has 0 aliphatic carbocycles. The van der Waals surface area contributed by atoms with Crippen LogP contribution in [0.5, 0.6) is 0 Å². The maximum Gasteiger partial charge on any atom is 0.00489 e. The van der Waals surface area contributed by atoms with E-state index in [1.165, 1.54) is 24.0 Å². The summed E-state index contributed by atoms with van der Waals surface area (Å²) in [7, 11) is 0. The molecular weight excluding hydrogens is 194 g/mol. The molecule has 0 aliphatic rings. The number of hydrogen-bond acceptors (Lipinski definition) is 1. The summed E-state index contributed by atoms with van der Waals surface area (Å²) in [6, 6.07) is 0. The predicted molar refractivity (Wildman–Crippen MR) is 74.1 cm³/mol. The van der Waals surface area contributed by atoms with Gasteiger partial charge in [0.25, 0.3) is 0 Å². The number of nitrogens with two attached hydrogens (primary N) is 1. The summed E-state index contributed by atoms with van der Waals surface area (Å²) in [5, 5.41) is 0. The number of allylic oxidation sites excluding steroid dienone is 7. The molecule has 0 saturated carbocycles. The van der Waals surface area contributed by atoms with Gasteiger partial charge in [0.05, 0.1) is 0 Å². The lowest BCUT2D eigenvalue weighted by Gasteiger charge is -2.07. The Morgan fingerprint density at radius 1 is 1.19 bits per heavy atom. The number of rotatable bonds is 6. The highest BCUT2D eigenvalue weighted by molar-refractivity contribution is 5.36. The van der Waals surface area contributed by atoms with E-state index < -0.39 is 0 Å². The normalized spacial score (nSPS) is 14.1. The third-order valence-electron chi connectivity index (χ3n) is 2.32. The average Bonchev–Trinajstić information content (AvgIpc) is 2.20. The molecule has 0 atom stereocenters. The van der Waals surface area contributed by atoms with Gasteiger partial charge in [-0.1, -0.05) is 37.6 Å². The molecule has 0 fully saturated rings. The summed E-state index contributed by atoms with van der Waals surface area (Å²) < 4.78 is 0. The third kappa shape index (κ3) is 7.10. The van der Waals surface area contributed by atoms with Crippen LogP contribution in [0.3, 0.4) is 0 Å². The van der Waals surface area contributed by atoms with Crippen molar-refractivity contribution < 1.29 is 0 Å². The Morgan fingerprint density at radius 3 is 2.25 bits per heavy atom. The Labute approximate surface area is 100 Å². The molecule has 0 aromatic carbocycles. The molecule has 0 radical (unpaired) electrons. The Balaban J connectivity index is 4.82. The van der Waals surface area contributed by atoms with Crippen molar-refractivity contribution in [3.63, 3.8) is 0 Å². The second kappa shape index (κ2) is 7.98. The summed E-state index contributed by atoms with van der Waals surface area (Å²) in [5.41, 5.74) is 10.2. The van der Waals surface area contributed by atoms with Crippen LogP contribution in [0.1, 0.15) is 47.0 Å². The quantitative estimate of drug-likeness (QED) is 0.654. The Kier molecular flexibility index (Phi) is 7.36. The minimum absolute atomic E-state index is 0.838. The lowest BCUT2D eigenvalue weighted by atomic mass is 9.99. The fourth-order valence-electron chi connectivity index (χ4n) is 1.41. The monoisotopic (exact) mass is 219 g/mol. The van der Waals surface area contributed by atoms with Gasteiger partial charge in [0.15, 0.2) is 0 Å². The SMILES string of the molecule is C=C(C)/C=C(CCCC)/C(C)=C/C=C(\C)N. The van der Waals surface area contributed by atoms with E-state index in [9.17, 15) is 0 Å². The minimum atomic E-state index is 0.838. The van der Waals surface area contributed by atoms with Gasteiger partial charge >= 0.3 is 0 Å². The van der Waals surface area contributed by atoms with Crippen LogP contribution in [-0.4, -0.2) is 0 Å². The van der Waals surface area contributed by atoms with Crippen molar-refractivity contribution in [1.29, 1.82) is 0 Å². The minimum Gasteiger partial charge on any atom is -0.402 e. The van der Waals surface area contributed by atoms with Gasteiger partial charge in [0.2, 0.25) is 0 Å². The molecule has 16 heavy (non-hydrogen) atoms. The highest BCUT2D eigenvalue weighted by atomic mass is 14.5. The average molecular weight is 219 g/mol. The van der Waals surface area contributed by atoms with Crippen LogP contribution in [0, 0.1) is 0 Å². The van der Waals surface area contributed by atoms with Crippen molar-refractivity contribution in [1.82, 2.24) is 0 Å². The molecule has 0 bridgehead atoms. The van der Waals surface area contributed by atoms with E-state index in [0.29, 0.717) is 0 Å². The first kappa shape index (κ1) is 14.8. The Bertz CT molecular complexity index is 312. The van der Waals surface area contributed by atoms with Crippen LogP contribution in [-0.2, 0) is 0 Å². The maximum atomic E-state index is 5.62. The van der Waals surface area contributed by atoms with Crippen molar-refractivity contribution in [2.75, 3.05) is 0 Å². The zero-order chi connectivity index (χ0) is 12.6. The molecule has 0 saturated heterocycles. The molecule has 0 rings (SSSR count). The van der Waals surface area contributed by atoms with E-state index in [4.69, 9.17) is 5.73 Å². The van der Waals surface area contributed by atoms with Crippen LogP contribution < -0.4 is 5.73 Å². The fourth-order valence-corrected chi connectivity index (χ4v) is 1.41. The zero-order valence-electron chi connectivity index (χ0n) is 11.1. The van der Waals surface area contributed by atoms with E-state index in [1.54, 1.807) is 0 Å². The van der Waals surface area contributed by atoms with Crippen LogP contribution in [0.4, 0.5) is 0 Å². The first-order chi connectivity index (χ1) is 7.47. The molecule has 1 nitrogen and oxygen atoms in total. The standard InChI is InChI=1S/C15H25N/c1-6-7-8-15(11-12(2)3)13(4)9-10-14(5)16/h9-11H,2,6-8,16H2,1,3-5H3/b13-9+,14-10+,15-11+. The van der Waals surface area contributed by atoms with Gasteiger partial charge in [-0.3, -0.25) is 0 Å². The third-order valence-corrected chi connectivity index (χ3v) is 2.32. The molecule has 1 heteroatoms. The van der Waals surface area contributed by atoms with Gasteiger partial charge < -0.3 is 5.73 Å². The molecule has 0 aliphatic heterocycles. The van der Waals surface area contributed by atoms with E-state index in [-0.39, 0.29) is 0 Å². The van der Waals surface area contributed by atoms with E-state index in [1.807, 2.05) is 19.9 Å². The maximum absolute atomic E-state index is 5.62. The smallest absolute Gasteiger partial charge is 0.00489 e. The second-order valence-electron chi connectivity index (χ2n) is 4.38. The van der Waals surface area contributed by atoms with Gasteiger partial charge in [0.1, 0.15) is 0 Å². The lowest BCUT2D eigenvalue weighted by Crippen LogP contribution is -1.90. The first-order valence-corrected chi connectivity index (χ1v) is 5.94. The molecule has 0 aromatic heterocycles. The van der Waals surface area contributed by atoms with E-state index >= 15 is 0 Å². The Hall–Kier alpha value is -1.24. The predicted octanol–water partition coefficient (Wildman–Crippen LogP) is 4.49. The molecule has 0 unspecified atom stereocenters. The van der Waals surface area contributed by atoms with Crippen molar-refractivity contribution >= 4 is 0 Å². The molecule has 90 valence electrons. The van der Waals surface area contributed by atoms with Crippen molar-refractivity contribution in [2.24, 2.45) is 5.73 Å². The summed E-state index contributed by atoms with van der Waals surface area (Å²) in [6.07, 6.45) is 9.75. The fraction of sp³-hybridized carbons (Fsp3) is 0.467. The van der Waals surface area contributed by atoms with E-state index in [0.717, 1.165) is 17.7 Å². The van der Waals surface area contributed by atoms with E-state index in [2.05, 4.69) is 32.6 Å². The lowest BCUT2D eigenvalue weighted by molar-refractivity contribution is 0.790. The highest BCUT2D eigenvalue weighted by Gasteiger charge is 1.99. The van der Waals surface area contributed by atoms with Gasteiger partial charge in [-0.05, 0) is 50.8 Å². The molecule has 0 amide bonds. The molecular formula is C15H25N. The van der Waals surface area contributed by atoms with Crippen molar-refractivity contribution in [3.8, 4) is 0 Å². The molecule has 0 spiro atoms. The topological polar surface area (TPSA) is 26.0 Å². The highest BCUT2D eigenvalue weighted by Crippen LogP contribution is 2.18. The van der Waals surface area contributed by atoms with Crippen LogP contribution >= 0.6 is 0 Å². The largest absolute Gasteiger partial charge is 0.402 e. The summed E-state index contributed by atoms with van der Waals surface area (Å²) in [4.78, 5) is 0. The van der Waals surface area contributed by atoms with Crippen molar-refractivity contribution in [3.05, 3.63) is 47.2 Å². The second-order valence-corrected chi connectivity index (χ2v) is 4.38. The summed E-state index contributed by atoms with van der Waals surface area (Å²) in [6.45, 7) is 12.2. The molecule has 0 heterocycles. The van der Waals surface area contributed by atoms with Gasteiger partial charge in [0, 0.05) is 5.70 Å². The summed E-state index contributed by atoms with van der Waals surface area (Å²) >= 11 is 0. The number of unbranched alkanes of at least 4 members (excludes halogenated alkanes) is 1. The van der Waals surface area contributed by atoms with Crippen molar-refractivity contribution in [2.45, 2.75) is 47.0 Å². The molecule has 0 aromatic rings. The van der Waals surface area contributed by atoms with Crippen LogP contribution in [0.2, 0.25) is 0 Å². The zero-order valence-corrected chi connectivity index (χ0v) is 11.1. The first-order valence-electron chi connectivity index (χ1n) is 5.94. The van der Waals surface area contributed by atoms with Gasteiger partial charge in [-0.25, -0.2) is 0 Å². The van der Waals surface area contributed by atoms with Crippen LogP contribution in [0.25, 0.3) is 0 Å². The number of hydrogen-bond donors (Lipinski definition) is 1. The Morgan fingerprint density at radius 2 is 1.81 bits per heavy atom. The van der Waals surface area contributed by atoms with Crippen LogP contribution in [0.15, 0.2) is 47.2 Å². The molecule has 2 N–H and O–H groups in total.